The van der Waals surface area contributed by atoms with Crippen LogP contribution in [0, 0.1) is 4.77 Å². The van der Waals surface area contributed by atoms with Gasteiger partial charge < -0.3 is 0 Å². The van der Waals surface area contributed by atoms with Gasteiger partial charge in [0.05, 0.1) is 11.2 Å². The predicted molar refractivity (Wildman–Crippen MR) is 71.9 cm³/mol. The number of aromatic amines is 1. The quantitative estimate of drug-likeness (QED) is 0.659. The number of hydrogen-bond acceptors (Lipinski definition) is 3. The standard InChI is InChI=1S/C10H5Cl2F3N4S/c11-6-2-1-5(7(12)3-6)4-16-19-8(10(13,14)15)17-18-9(19)20/h1-4H,(H,18,20)/b16-4+. The van der Waals surface area contributed by atoms with E-state index in [4.69, 9.17) is 23.2 Å². The maximum absolute atomic E-state index is 12.7. The number of alkyl halides is 3. The molecule has 20 heavy (non-hydrogen) atoms. The van der Waals surface area contributed by atoms with Gasteiger partial charge >= 0.3 is 6.18 Å². The van der Waals surface area contributed by atoms with Crippen molar-refractivity contribution in [3.63, 3.8) is 0 Å². The number of benzene rings is 1. The molecule has 1 N–H and O–H groups in total. The van der Waals surface area contributed by atoms with Crippen LogP contribution in [0.3, 0.4) is 0 Å². The number of hydrogen-bond donors (Lipinski definition) is 1. The first-order valence-corrected chi connectivity index (χ1v) is 6.19. The SMILES string of the molecule is FC(F)(F)c1n[nH]c(=S)n1/N=C/c1ccc(Cl)cc1Cl. The maximum atomic E-state index is 12.7. The van der Waals surface area contributed by atoms with Gasteiger partial charge in [-0.3, -0.25) is 0 Å². The van der Waals surface area contributed by atoms with Crippen molar-refractivity contribution in [1.29, 1.82) is 0 Å². The Bertz CT molecular complexity index is 720. The summed E-state index contributed by atoms with van der Waals surface area (Å²) in [7, 11) is 0. The summed E-state index contributed by atoms with van der Waals surface area (Å²) in [6, 6.07) is 4.50. The Balaban J connectivity index is 2.42. The smallest absolute Gasteiger partial charge is 0.250 e. The van der Waals surface area contributed by atoms with Gasteiger partial charge in [0, 0.05) is 10.6 Å². The van der Waals surface area contributed by atoms with Gasteiger partial charge in [-0.05, 0) is 24.4 Å². The van der Waals surface area contributed by atoms with Gasteiger partial charge in [0.1, 0.15) is 0 Å². The van der Waals surface area contributed by atoms with Gasteiger partial charge in [-0.15, -0.1) is 5.10 Å². The third-order valence-electron chi connectivity index (χ3n) is 2.18. The highest BCUT2D eigenvalue weighted by atomic mass is 35.5. The van der Waals surface area contributed by atoms with E-state index >= 15 is 0 Å². The summed E-state index contributed by atoms with van der Waals surface area (Å²) in [4.78, 5) is 0. The number of nitrogens with one attached hydrogen (secondary N) is 1. The molecule has 0 bridgehead atoms. The largest absolute Gasteiger partial charge is 0.453 e. The van der Waals surface area contributed by atoms with Gasteiger partial charge in [-0.25, -0.2) is 5.10 Å². The molecular formula is C10H5Cl2F3N4S. The highest BCUT2D eigenvalue weighted by molar-refractivity contribution is 7.71. The number of aromatic nitrogens is 3. The number of rotatable bonds is 2. The molecule has 0 fully saturated rings. The second-order valence-electron chi connectivity index (χ2n) is 3.57. The van der Waals surface area contributed by atoms with E-state index in [1.165, 1.54) is 18.2 Å². The molecule has 0 saturated carbocycles. The summed E-state index contributed by atoms with van der Waals surface area (Å²) < 4.78 is 38.2. The van der Waals surface area contributed by atoms with Crippen LogP contribution in [0.25, 0.3) is 0 Å². The number of H-pyrrole nitrogens is 1. The van der Waals surface area contributed by atoms with Crippen molar-refractivity contribution >= 4 is 41.6 Å². The Hall–Kier alpha value is -1.38. The Kier molecular flexibility index (Phi) is 4.17. The molecule has 1 aromatic carbocycles. The van der Waals surface area contributed by atoms with Gasteiger partial charge in [0.25, 0.3) is 5.82 Å². The van der Waals surface area contributed by atoms with Crippen LogP contribution in [0.5, 0.6) is 0 Å². The van der Waals surface area contributed by atoms with E-state index in [1.807, 2.05) is 5.10 Å². The Labute approximate surface area is 125 Å². The molecule has 2 rings (SSSR count). The van der Waals surface area contributed by atoms with Crippen LogP contribution in [0.4, 0.5) is 13.2 Å². The third-order valence-corrected chi connectivity index (χ3v) is 3.01. The molecule has 4 nitrogen and oxygen atoms in total. The van der Waals surface area contributed by atoms with Crippen molar-refractivity contribution in [2.24, 2.45) is 5.10 Å². The fourth-order valence-corrected chi connectivity index (χ4v) is 1.94. The molecule has 0 amide bonds. The zero-order valence-electron chi connectivity index (χ0n) is 9.45. The summed E-state index contributed by atoms with van der Waals surface area (Å²) >= 11 is 16.3. The van der Waals surface area contributed by atoms with Gasteiger partial charge in [-0.1, -0.05) is 29.3 Å². The van der Waals surface area contributed by atoms with Crippen LogP contribution >= 0.6 is 35.4 Å². The first-order valence-electron chi connectivity index (χ1n) is 5.03. The second-order valence-corrected chi connectivity index (χ2v) is 4.80. The van der Waals surface area contributed by atoms with E-state index in [1.54, 1.807) is 0 Å². The normalized spacial score (nSPS) is 12.2. The lowest BCUT2D eigenvalue weighted by atomic mass is 10.2. The molecule has 106 valence electrons. The molecule has 0 unspecified atom stereocenters. The van der Waals surface area contributed by atoms with Crippen molar-refractivity contribution in [2.45, 2.75) is 6.18 Å². The molecule has 0 aliphatic rings. The van der Waals surface area contributed by atoms with E-state index < -0.39 is 12.0 Å². The summed E-state index contributed by atoms with van der Waals surface area (Å²) in [5.41, 5.74) is 0.396. The molecule has 10 heteroatoms. The van der Waals surface area contributed by atoms with Crippen molar-refractivity contribution in [3.8, 4) is 0 Å². The summed E-state index contributed by atoms with van der Waals surface area (Å²) in [6.45, 7) is 0. The van der Waals surface area contributed by atoms with Crippen LogP contribution < -0.4 is 0 Å². The lowest BCUT2D eigenvalue weighted by Crippen LogP contribution is -2.12. The molecule has 0 spiro atoms. The third kappa shape index (κ3) is 3.20. The van der Waals surface area contributed by atoms with Crippen LogP contribution in [0.2, 0.25) is 10.0 Å². The fraction of sp³-hybridized carbons (Fsp3) is 0.100. The van der Waals surface area contributed by atoms with Gasteiger partial charge in [0.2, 0.25) is 4.77 Å². The molecule has 0 saturated heterocycles. The predicted octanol–water partition coefficient (Wildman–Crippen LogP) is 4.15. The van der Waals surface area contributed by atoms with Crippen molar-refractivity contribution < 1.29 is 13.2 Å². The van der Waals surface area contributed by atoms with E-state index in [2.05, 4.69) is 22.4 Å². The minimum Gasteiger partial charge on any atom is -0.250 e. The van der Waals surface area contributed by atoms with Crippen molar-refractivity contribution in [1.82, 2.24) is 14.9 Å². The summed E-state index contributed by atoms with van der Waals surface area (Å²) in [5, 5.41) is 9.42. The van der Waals surface area contributed by atoms with Crippen LogP contribution in [-0.4, -0.2) is 21.1 Å². The Morgan fingerprint density at radius 1 is 1.35 bits per heavy atom. The Morgan fingerprint density at radius 3 is 2.65 bits per heavy atom. The van der Waals surface area contributed by atoms with E-state index in [9.17, 15) is 13.2 Å². The first-order chi connectivity index (χ1) is 9.29. The first kappa shape index (κ1) is 15.0. The van der Waals surface area contributed by atoms with Crippen molar-refractivity contribution in [3.05, 3.63) is 44.4 Å². The van der Waals surface area contributed by atoms with E-state index in [-0.39, 0.29) is 9.79 Å². The zero-order chi connectivity index (χ0) is 14.9. The Morgan fingerprint density at radius 2 is 2.05 bits per heavy atom. The average molecular weight is 341 g/mol. The molecule has 1 aromatic heterocycles. The second kappa shape index (κ2) is 5.55. The molecule has 2 aromatic rings. The lowest BCUT2D eigenvalue weighted by Gasteiger charge is -2.04. The van der Waals surface area contributed by atoms with Gasteiger partial charge in [0.15, 0.2) is 0 Å². The highest BCUT2D eigenvalue weighted by Gasteiger charge is 2.37. The minimum atomic E-state index is -4.67. The molecule has 0 atom stereocenters. The molecular weight excluding hydrogens is 336 g/mol. The van der Waals surface area contributed by atoms with Gasteiger partial charge in [-0.2, -0.15) is 22.9 Å². The lowest BCUT2D eigenvalue weighted by molar-refractivity contribution is -0.147. The highest BCUT2D eigenvalue weighted by Crippen LogP contribution is 2.27. The average Bonchev–Trinajstić information content (AvgIpc) is 2.69. The molecule has 0 radical (unpaired) electrons. The summed E-state index contributed by atoms with van der Waals surface area (Å²) in [6.07, 6.45) is -3.53. The van der Waals surface area contributed by atoms with Crippen LogP contribution in [0.1, 0.15) is 11.4 Å². The zero-order valence-corrected chi connectivity index (χ0v) is 11.8. The summed E-state index contributed by atoms with van der Waals surface area (Å²) in [5.74, 6) is -1.25. The fourth-order valence-electron chi connectivity index (χ4n) is 1.31. The number of nitrogens with zero attached hydrogens (tertiary/aromatic N) is 3. The van der Waals surface area contributed by atoms with Crippen molar-refractivity contribution in [2.75, 3.05) is 0 Å². The molecule has 0 aliphatic carbocycles. The maximum Gasteiger partial charge on any atom is 0.453 e. The minimum absolute atomic E-state index is 0.254. The van der Waals surface area contributed by atoms with E-state index in [0.29, 0.717) is 15.3 Å². The van der Waals surface area contributed by atoms with Crippen LogP contribution in [0.15, 0.2) is 23.3 Å². The number of halogens is 5. The molecule has 0 aliphatic heterocycles. The van der Waals surface area contributed by atoms with E-state index in [0.717, 1.165) is 6.21 Å². The van der Waals surface area contributed by atoms with Crippen LogP contribution in [-0.2, 0) is 6.18 Å². The molecule has 1 heterocycles. The monoisotopic (exact) mass is 340 g/mol. The topological polar surface area (TPSA) is 46.0 Å².